The third kappa shape index (κ3) is 2.85. The van der Waals surface area contributed by atoms with Gasteiger partial charge in [0.1, 0.15) is 0 Å². The molecule has 0 unspecified atom stereocenters. The van der Waals surface area contributed by atoms with Crippen LogP contribution in [0.3, 0.4) is 0 Å². The Bertz CT molecular complexity index is 1080. The van der Waals surface area contributed by atoms with Crippen LogP contribution in [0.2, 0.25) is 0 Å². The summed E-state index contributed by atoms with van der Waals surface area (Å²) in [6.07, 6.45) is -2.82. The Morgan fingerprint density at radius 3 is 2.54 bits per heavy atom. The lowest BCUT2D eigenvalue weighted by Gasteiger charge is -2.08. The zero-order valence-corrected chi connectivity index (χ0v) is 13.9. The van der Waals surface area contributed by atoms with Gasteiger partial charge in [-0.05, 0) is 17.7 Å². The van der Waals surface area contributed by atoms with Gasteiger partial charge in [0.05, 0.1) is 22.0 Å². The molecule has 2 heterocycles. The molecule has 2 aromatic carbocycles. The molecule has 4 rings (SSSR count). The van der Waals surface area contributed by atoms with Crippen LogP contribution in [0.15, 0.2) is 54.7 Å². The molecule has 132 valence electrons. The Morgan fingerprint density at radius 2 is 1.81 bits per heavy atom. The van der Waals surface area contributed by atoms with Crippen LogP contribution in [0.5, 0.6) is 0 Å². The third-order valence-corrected chi connectivity index (χ3v) is 4.30. The normalized spacial score (nSPS) is 12.0. The molecular formula is C19H15F3N4. The number of rotatable bonds is 3. The van der Waals surface area contributed by atoms with Crippen molar-refractivity contribution < 1.29 is 13.2 Å². The van der Waals surface area contributed by atoms with Gasteiger partial charge in [-0.2, -0.15) is 18.3 Å². The maximum atomic E-state index is 12.9. The molecule has 0 aliphatic heterocycles. The van der Waals surface area contributed by atoms with Crippen molar-refractivity contribution >= 4 is 27.6 Å². The second-order valence-corrected chi connectivity index (χ2v) is 6.06. The van der Waals surface area contributed by atoms with Crippen molar-refractivity contribution in [1.29, 1.82) is 0 Å². The van der Waals surface area contributed by atoms with Crippen LogP contribution in [0.1, 0.15) is 11.1 Å². The quantitative estimate of drug-likeness (QED) is 0.576. The minimum Gasteiger partial charge on any atom is -0.364 e. The van der Waals surface area contributed by atoms with Gasteiger partial charge in [-0.25, -0.2) is 0 Å². The Labute approximate surface area is 147 Å². The molecule has 0 bridgehead atoms. The number of pyridine rings is 1. The summed E-state index contributed by atoms with van der Waals surface area (Å²) in [5, 5.41) is 9.15. The smallest absolute Gasteiger partial charge is 0.364 e. The average Bonchev–Trinajstić information content (AvgIpc) is 2.96. The standard InChI is InChI=1S/C19H15F3N4/c1-26-17-14-8-7-13(19(20,21)22)9-16(14)23-11-15(17)18(25-26)24-10-12-5-3-2-4-6-12/h2-9,11H,10H2,1H3,(H,24,25). The third-order valence-electron chi connectivity index (χ3n) is 4.30. The highest BCUT2D eigenvalue weighted by Gasteiger charge is 2.30. The summed E-state index contributed by atoms with van der Waals surface area (Å²) in [7, 11) is 1.77. The van der Waals surface area contributed by atoms with Crippen molar-refractivity contribution in [2.24, 2.45) is 7.05 Å². The van der Waals surface area contributed by atoms with Gasteiger partial charge in [0.2, 0.25) is 0 Å². The van der Waals surface area contributed by atoms with Crippen molar-refractivity contribution in [2.45, 2.75) is 12.7 Å². The molecule has 0 saturated heterocycles. The first-order valence-corrected chi connectivity index (χ1v) is 8.04. The van der Waals surface area contributed by atoms with Crippen LogP contribution < -0.4 is 5.32 Å². The van der Waals surface area contributed by atoms with E-state index in [1.54, 1.807) is 17.9 Å². The molecule has 26 heavy (non-hydrogen) atoms. The Morgan fingerprint density at radius 1 is 1.04 bits per heavy atom. The van der Waals surface area contributed by atoms with Crippen LogP contribution in [0.25, 0.3) is 21.8 Å². The van der Waals surface area contributed by atoms with Crippen LogP contribution >= 0.6 is 0 Å². The van der Waals surface area contributed by atoms with Crippen molar-refractivity contribution in [2.75, 3.05) is 5.32 Å². The van der Waals surface area contributed by atoms with Crippen molar-refractivity contribution in [3.05, 3.63) is 65.9 Å². The molecule has 7 heteroatoms. The van der Waals surface area contributed by atoms with E-state index < -0.39 is 11.7 Å². The molecule has 0 amide bonds. The molecule has 4 nitrogen and oxygen atoms in total. The van der Waals surface area contributed by atoms with Crippen LogP contribution in [0.4, 0.5) is 19.0 Å². The first-order valence-electron chi connectivity index (χ1n) is 8.04. The summed E-state index contributed by atoms with van der Waals surface area (Å²) < 4.78 is 40.4. The summed E-state index contributed by atoms with van der Waals surface area (Å²) in [4.78, 5) is 4.22. The fourth-order valence-electron chi connectivity index (χ4n) is 3.04. The highest BCUT2D eigenvalue weighted by Crippen LogP contribution is 2.34. The number of nitrogens with zero attached hydrogens (tertiary/aromatic N) is 3. The highest BCUT2D eigenvalue weighted by atomic mass is 19.4. The number of hydrogen-bond donors (Lipinski definition) is 1. The van der Waals surface area contributed by atoms with E-state index in [2.05, 4.69) is 15.4 Å². The molecule has 0 radical (unpaired) electrons. The lowest BCUT2D eigenvalue weighted by atomic mass is 10.1. The molecule has 2 aromatic heterocycles. The summed E-state index contributed by atoms with van der Waals surface area (Å²) in [6, 6.07) is 13.5. The van der Waals surface area contributed by atoms with Crippen molar-refractivity contribution in [3.63, 3.8) is 0 Å². The van der Waals surface area contributed by atoms with Crippen molar-refractivity contribution in [1.82, 2.24) is 14.8 Å². The lowest BCUT2D eigenvalue weighted by Crippen LogP contribution is -2.04. The Hall–Kier alpha value is -3.09. The molecule has 1 N–H and O–H groups in total. The number of anilines is 1. The van der Waals surface area contributed by atoms with E-state index >= 15 is 0 Å². The van der Waals surface area contributed by atoms with Gasteiger partial charge in [-0.1, -0.05) is 36.4 Å². The fourth-order valence-corrected chi connectivity index (χ4v) is 3.04. The molecule has 0 aliphatic carbocycles. The number of fused-ring (bicyclic) bond motifs is 3. The highest BCUT2D eigenvalue weighted by molar-refractivity contribution is 6.07. The maximum Gasteiger partial charge on any atom is 0.416 e. The number of halogens is 3. The molecule has 0 fully saturated rings. The molecular weight excluding hydrogens is 341 g/mol. The number of hydrogen-bond acceptors (Lipinski definition) is 3. The van der Waals surface area contributed by atoms with Crippen molar-refractivity contribution in [3.8, 4) is 0 Å². The predicted molar refractivity (Wildman–Crippen MR) is 94.8 cm³/mol. The van der Waals surface area contributed by atoms with E-state index in [9.17, 15) is 13.2 Å². The topological polar surface area (TPSA) is 42.7 Å². The number of benzene rings is 2. The molecule has 0 spiro atoms. The number of alkyl halides is 3. The summed E-state index contributed by atoms with van der Waals surface area (Å²) in [6.45, 7) is 0.595. The first-order chi connectivity index (χ1) is 12.4. The molecule has 0 atom stereocenters. The van der Waals surface area contributed by atoms with E-state index in [0.29, 0.717) is 23.3 Å². The van der Waals surface area contributed by atoms with E-state index in [1.165, 1.54) is 6.07 Å². The summed E-state index contributed by atoms with van der Waals surface area (Å²) in [5.74, 6) is 0.653. The van der Waals surface area contributed by atoms with E-state index in [0.717, 1.165) is 28.6 Å². The Balaban J connectivity index is 1.76. The van der Waals surface area contributed by atoms with Gasteiger partial charge >= 0.3 is 6.18 Å². The zero-order chi connectivity index (χ0) is 18.3. The summed E-state index contributed by atoms with van der Waals surface area (Å²) >= 11 is 0. The first kappa shape index (κ1) is 16.4. The van der Waals surface area contributed by atoms with Gasteiger partial charge in [-0.3, -0.25) is 9.67 Å². The van der Waals surface area contributed by atoms with Gasteiger partial charge in [-0.15, -0.1) is 0 Å². The van der Waals surface area contributed by atoms with Gasteiger partial charge in [0, 0.05) is 25.2 Å². The average molecular weight is 356 g/mol. The van der Waals surface area contributed by atoms with Crippen LogP contribution in [0, 0.1) is 0 Å². The van der Waals surface area contributed by atoms with Crippen LogP contribution in [-0.2, 0) is 19.8 Å². The van der Waals surface area contributed by atoms with Crippen LogP contribution in [-0.4, -0.2) is 14.8 Å². The number of aromatic nitrogens is 3. The minimum atomic E-state index is -4.39. The molecule has 0 aliphatic rings. The number of aryl methyl sites for hydroxylation is 1. The number of nitrogens with one attached hydrogen (secondary N) is 1. The molecule has 0 saturated carbocycles. The second kappa shape index (κ2) is 6.01. The van der Waals surface area contributed by atoms with Gasteiger partial charge < -0.3 is 5.32 Å². The Kier molecular flexibility index (Phi) is 3.79. The van der Waals surface area contributed by atoms with E-state index in [1.807, 2.05) is 30.3 Å². The molecule has 4 aromatic rings. The lowest BCUT2D eigenvalue weighted by molar-refractivity contribution is -0.137. The van der Waals surface area contributed by atoms with E-state index in [4.69, 9.17) is 0 Å². The minimum absolute atomic E-state index is 0.296. The second-order valence-electron chi connectivity index (χ2n) is 6.06. The monoisotopic (exact) mass is 356 g/mol. The predicted octanol–water partition coefficient (Wildman–Crippen LogP) is 4.75. The zero-order valence-electron chi connectivity index (χ0n) is 13.9. The SMILES string of the molecule is Cn1nc(NCc2ccccc2)c2cnc3cc(C(F)(F)F)ccc3c21. The van der Waals surface area contributed by atoms with Gasteiger partial charge in [0.25, 0.3) is 0 Å². The largest absolute Gasteiger partial charge is 0.416 e. The van der Waals surface area contributed by atoms with E-state index in [-0.39, 0.29) is 0 Å². The van der Waals surface area contributed by atoms with Gasteiger partial charge in [0.15, 0.2) is 5.82 Å². The summed E-state index contributed by atoms with van der Waals surface area (Å²) in [5.41, 5.74) is 1.44. The maximum absolute atomic E-state index is 12.9. The fraction of sp³-hybridized carbons (Fsp3) is 0.158.